The molecular formula is C23H25N3O3S. The van der Waals surface area contributed by atoms with Crippen LogP contribution >= 0.6 is 11.3 Å². The van der Waals surface area contributed by atoms with Crippen molar-refractivity contribution in [1.29, 1.82) is 0 Å². The molecule has 1 saturated heterocycles. The first-order chi connectivity index (χ1) is 14.4. The molecule has 3 aromatic rings. The SMILES string of the molecule is Cc1ccc(-c2ccsc2C(=O)N2CCN(C(=O)Cc3c(C)noc3C)CC2)cc1. The lowest BCUT2D eigenvalue weighted by molar-refractivity contribution is -0.131. The van der Waals surface area contributed by atoms with E-state index in [9.17, 15) is 9.59 Å². The molecule has 1 aromatic carbocycles. The molecule has 4 rings (SSSR count). The van der Waals surface area contributed by atoms with Crippen molar-refractivity contribution in [2.45, 2.75) is 27.2 Å². The van der Waals surface area contributed by atoms with Gasteiger partial charge in [0.1, 0.15) is 5.76 Å². The minimum absolute atomic E-state index is 0.0402. The fourth-order valence-corrected chi connectivity index (χ4v) is 4.64. The molecule has 0 N–H and O–H groups in total. The first-order valence-electron chi connectivity index (χ1n) is 10.1. The Morgan fingerprint density at radius 2 is 1.67 bits per heavy atom. The Labute approximate surface area is 180 Å². The van der Waals surface area contributed by atoms with Gasteiger partial charge in [-0.05, 0) is 37.8 Å². The number of rotatable bonds is 4. The van der Waals surface area contributed by atoms with Crippen LogP contribution in [0.3, 0.4) is 0 Å². The summed E-state index contributed by atoms with van der Waals surface area (Å²) >= 11 is 1.47. The summed E-state index contributed by atoms with van der Waals surface area (Å²) in [5.74, 6) is 0.780. The van der Waals surface area contributed by atoms with Gasteiger partial charge < -0.3 is 14.3 Å². The standard InChI is InChI=1S/C23H25N3O3S/c1-15-4-6-18(7-5-15)19-8-13-30-22(19)23(28)26-11-9-25(10-12-26)21(27)14-20-16(2)24-29-17(20)3/h4-8,13H,9-12,14H2,1-3H3. The highest BCUT2D eigenvalue weighted by molar-refractivity contribution is 7.12. The molecule has 0 spiro atoms. The number of aryl methyl sites for hydroxylation is 3. The third kappa shape index (κ3) is 4.03. The van der Waals surface area contributed by atoms with Gasteiger partial charge in [0.15, 0.2) is 0 Å². The van der Waals surface area contributed by atoms with Crippen LogP contribution in [-0.4, -0.2) is 52.9 Å². The van der Waals surface area contributed by atoms with Crippen molar-refractivity contribution in [3.63, 3.8) is 0 Å². The highest BCUT2D eigenvalue weighted by Crippen LogP contribution is 2.30. The van der Waals surface area contributed by atoms with Crippen LogP contribution in [0.15, 0.2) is 40.2 Å². The van der Waals surface area contributed by atoms with Gasteiger partial charge in [-0.2, -0.15) is 0 Å². The van der Waals surface area contributed by atoms with Crippen molar-refractivity contribution in [3.8, 4) is 11.1 Å². The minimum atomic E-state index is 0.0402. The van der Waals surface area contributed by atoms with Gasteiger partial charge in [-0.3, -0.25) is 9.59 Å². The van der Waals surface area contributed by atoms with Crippen LogP contribution in [0.25, 0.3) is 11.1 Å². The van der Waals surface area contributed by atoms with Crippen LogP contribution in [0.4, 0.5) is 0 Å². The second-order valence-corrected chi connectivity index (χ2v) is 8.60. The molecule has 2 aromatic heterocycles. The van der Waals surface area contributed by atoms with E-state index >= 15 is 0 Å². The summed E-state index contributed by atoms with van der Waals surface area (Å²) in [7, 11) is 0. The van der Waals surface area contributed by atoms with Gasteiger partial charge >= 0.3 is 0 Å². The Morgan fingerprint density at radius 1 is 1.00 bits per heavy atom. The van der Waals surface area contributed by atoms with Crippen molar-refractivity contribution in [2.75, 3.05) is 26.2 Å². The molecular weight excluding hydrogens is 398 g/mol. The first-order valence-corrected chi connectivity index (χ1v) is 11.0. The number of aromatic nitrogens is 1. The molecule has 156 valence electrons. The fraction of sp³-hybridized carbons (Fsp3) is 0.348. The van der Waals surface area contributed by atoms with Gasteiger partial charge in [-0.1, -0.05) is 35.0 Å². The zero-order valence-corrected chi connectivity index (χ0v) is 18.3. The van der Waals surface area contributed by atoms with Gasteiger partial charge in [-0.15, -0.1) is 11.3 Å². The Kier molecular flexibility index (Phi) is 5.72. The highest BCUT2D eigenvalue weighted by Gasteiger charge is 2.28. The molecule has 1 aliphatic rings. The topological polar surface area (TPSA) is 66.7 Å². The third-order valence-corrected chi connectivity index (χ3v) is 6.55. The summed E-state index contributed by atoms with van der Waals surface area (Å²) in [4.78, 5) is 30.3. The molecule has 0 radical (unpaired) electrons. The largest absolute Gasteiger partial charge is 0.361 e. The average Bonchev–Trinajstić information content (AvgIpc) is 3.36. The maximum Gasteiger partial charge on any atom is 0.264 e. The van der Waals surface area contributed by atoms with E-state index in [4.69, 9.17) is 4.52 Å². The second-order valence-electron chi connectivity index (χ2n) is 7.68. The Balaban J connectivity index is 1.40. The van der Waals surface area contributed by atoms with Gasteiger partial charge in [0.2, 0.25) is 5.91 Å². The summed E-state index contributed by atoms with van der Waals surface area (Å²) in [5, 5.41) is 5.88. The molecule has 0 atom stereocenters. The van der Waals surface area contributed by atoms with Crippen LogP contribution in [0.1, 0.15) is 32.3 Å². The molecule has 0 aliphatic carbocycles. The van der Waals surface area contributed by atoms with Gasteiger partial charge in [0.05, 0.1) is 17.0 Å². The molecule has 30 heavy (non-hydrogen) atoms. The van der Waals surface area contributed by atoms with E-state index in [1.165, 1.54) is 16.9 Å². The summed E-state index contributed by atoms with van der Waals surface area (Å²) in [6, 6.07) is 10.2. The maximum absolute atomic E-state index is 13.2. The van der Waals surface area contributed by atoms with Gasteiger partial charge in [0.25, 0.3) is 5.91 Å². The van der Waals surface area contributed by atoms with Crippen molar-refractivity contribution >= 4 is 23.2 Å². The predicted octanol–water partition coefficient (Wildman–Crippen LogP) is 3.86. The van der Waals surface area contributed by atoms with Gasteiger partial charge in [-0.25, -0.2) is 0 Å². The average molecular weight is 424 g/mol. The van der Waals surface area contributed by atoms with Crippen molar-refractivity contribution in [3.05, 3.63) is 63.2 Å². The number of piperazine rings is 1. The Hall–Kier alpha value is -2.93. The van der Waals surface area contributed by atoms with Crippen LogP contribution in [0, 0.1) is 20.8 Å². The van der Waals surface area contributed by atoms with Crippen molar-refractivity contribution in [2.24, 2.45) is 0 Å². The van der Waals surface area contributed by atoms with Crippen LogP contribution in [-0.2, 0) is 11.2 Å². The normalized spacial score (nSPS) is 14.2. The summed E-state index contributed by atoms with van der Waals surface area (Å²) < 4.78 is 5.16. The smallest absolute Gasteiger partial charge is 0.264 e. The molecule has 6 nitrogen and oxygen atoms in total. The monoisotopic (exact) mass is 423 g/mol. The maximum atomic E-state index is 13.2. The summed E-state index contributed by atoms with van der Waals surface area (Å²) in [6.07, 6.45) is 0.289. The molecule has 3 heterocycles. The lowest BCUT2D eigenvalue weighted by Gasteiger charge is -2.34. The minimum Gasteiger partial charge on any atom is -0.361 e. The number of hydrogen-bond donors (Lipinski definition) is 0. The third-order valence-electron chi connectivity index (χ3n) is 5.65. The first kappa shape index (κ1) is 20.3. The lowest BCUT2D eigenvalue weighted by Crippen LogP contribution is -2.51. The van der Waals surface area contributed by atoms with Crippen LogP contribution in [0.5, 0.6) is 0 Å². The van der Waals surface area contributed by atoms with Crippen molar-refractivity contribution < 1.29 is 14.1 Å². The van der Waals surface area contributed by atoms with E-state index < -0.39 is 0 Å². The Bertz CT molecular complexity index is 1040. The molecule has 0 saturated carbocycles. The number of hydrogen-bond acceptors (Lipinski definition) is 5. The zero-order chi connectivity index (χ0) is 21.3. The number of carbonyl (C=O) groups is 2. The molecule has 1 fully saturated rings. The molecule has 1 aliphatic heterocycles. The summed E-state index contributed by atoms with van der Waals surface area (Å²) in [6.45, 7) is 7.89. The molecule has 0 bridgehead atoms. The summed E-state index contributed by atoms with van der Waals surface area (Å²) in [5.41, 5.74) is 4.84. The van der Waals surface area contributed by atoms with E-state index in [1.54, 1.807) is 0 Å². The van der Waals surface area contributed by atoms with E-state index in [0.717, 1.165) is 27.3 Å². The quantitative estimate of drug-likeness (QED) is 0.639. The number of thiophene rings is 1. The number of amides is 2. The van der Waals surface area contributed by atoms with Crippen LogP contribution < -0.4 is 0 Å². The van der Waals surface area contributed by atoms with Crippen molar-refractivity contribution in [1.82, 2.24) is 15.0 Å². The number of benzene rings is 1. The van der Waals surface area contributed by atoms with E-state index in [2.05, 4.69) is 36.3 Å². The molecule has 2 amide bonds. The predicted molar refractivity (Wildman–Crippen MR) is 117 cm³/mol. The van der Waals surface area contributed by atoms with E-state index in [1.807, 2.05) is 35.1 Å². The molecule has 7 heteroatoms. The Morgan fingerprint density at radius 3 is 2.30 bits per heavy atom. The van der Waals surface area contributed by atoms with Gasteiger partial charge in [0, 0.05) is 37.3 Å². The van der Waals surface area contributed by atoms with E-state index in [0.29, 0.717) is 31.9 Å². The van der Waals surface area contributed by atoms with Crippen LogP contribution in [0.2, 0.25) is 0 Å². The zero-order valence-electron chi connectivity index (χ0n) is 17.5. The molecule has 0 unspecified atom stereocenters. The fourth-order valence-electron chi connectivity index (χ4n) is 3.76. The second kappa shape index (κ2) is 8.44. The lowest BCUT2D eigenvalue weighted by atomic mass is 10.0. The van der Waals surface area contributed by atoms with E-state index in [-0.39, 0.29) is 18.2 Å². The highest BCUT2D eigenvalue weighted by atomic mass is 32.1. The number of carbonyl (C=O) groups excluding carboxylic acids is 2. The number of nitrogens with zero attached hydrogens (tertiary/aromatic N) is 3.